The van der Waals surface area contributed by atoms with Gasteiger partial charge in [-0.15, -0.1) is 0 Å². The number of amides is 7. The molecular weight excluding hydrogens is 1800 g/mol. The van der Waals surface area contributed by atoms with E-state index in [1.54, 1.807) is 0 Å². The first-order valence-corrected chi connectivity index (χ1v) is 42.0. The third-order valence-corrected chi connectivity index (χ3v) is 23.3. The molecule has 0 aromatic rings. The summed E-state index contributed by atoms with van der Waals surface area (Å²) >= 11 is 0. The second-order valence-corrected chi connectivity index (χ2v) is 33.0. The van der Waals surface area contributed by atoms with E-state index < -0.39 is 414 Å². The van der Waals surface area contributed by atoms with E-state index >= 15 is 0 Å². The van der Waals surface area contributed by atoms with Crippen molar-refractivity contribution in [1.29, 1.82) is 0 Å². The minimum absolute atomic E-state index is 0.861. The van der Waals surface area contributed by atoms with Gasteiger partial charge < -0.3 is 255 Å². The first-order chi connectivity index (χ1) is 62.3. The molecule has 0 radical (unpaired) electrons. The maximum absolute atomic E-state index is 13.5. The van der Waals surface area contributed by atoms with Crippen molar-refractivity contribution in [3.8, 4) is 0 Å². The molecule has 33 N–H and O–H groups in total. The lowest BCUT2D eigenvalue weighted by atomic mass is 9.93. The fourth-order valence-electron chi connectivity index (χ4n) is 16.6. The van der Waals surface area contributed by atoms with Gasteiger partial charge in [0.1, 0.15) is 238 Å². The third-order valence-electron chi connectivity index (χ3n) is 23.3. The fourth-order valence-corrected chi connectivity index (χ4v) is 16.6. The zero-order valence-corrected chi connectivity index (χ0v) is 71.9. The van der Waals surface area contributed by atoms with Crippen LogP contribution in [0.3, 0.4) is 0 Å². The van der Waals surface area contributed by atoms with Gasteiger partial charge in [-0.2, -0.15) is 0 Å². The van der Waals surface area contributed by atoms with Gasteiger partial charge in [-0.05, 0) is 0 Å². The third kappa shape index (κ3) is 26.0. The van der Waals surface area contributed by atoms with Gasteiger partial charge in [0.25, 0.3) is 0 Å². The van der Waals surface area contributed by atoms with Crippen LogP contribution in [0.15, 0.2) is 0 Å². The monoisotopic (exact) mass is 1930 g/mol. The molecule has 0 unspecified atom stereocenters. The lowest BCUT2D eigenvalue weighted by Gasteiger charge is -2.52. The molecule has 0 aliphatic carbocycles. The molecule has 49 atom stereocenters. The smallest absolute Gasteiger partial charge is 0.217 e. The van der Waals surface area contributed by atoms with Gasteiger partial charge in [-0.3, -0.25) is 33.6 Å². The van der Waals surface area contributed by atoms with E-state index in [9.17, 15) is 166 Å². The van der Waals surface area contributed by atoms with Gasteiger partial charge >= 0.3 is 0 Å². The molecule has 9 rings (SSSR count). The molecular formula is C74H125N7O51. The Morgan fingerprint density at radius 1 is 0.258 bits per heavy atom. The maximum atomic E-state index is 13.5. The quantitative estimate of drug-likeness (QED) is 0.0272. The van der Waals surface area contributed by atoms with Gasteiger partial charge in [0.2, 0.25) is 41.4 Å². The minimum Gasteiger partial charge on any atom is -0.394 e. The Hall–Kier alpha value is -5.47. The Labute approximate surface area is 749 Å². The summed E-state index contributed by atoms with van der Waals surface area (Å²) in [4.78, 5) is 90.7. The summed E-state index contributed by atoms with van der Waals surface area (Å²) in [6.07, 6.45) is -95.2. The van der Waals surface area contributed by atoms with Crippen molar-refractivity contribution in [3.63, 3.8) is 0 Å². The zero-order chi connectivity index (χ0) is 97.8. The molecule has 0 aromatic heterocycles. The fraction of sp³-hybridized carbons (Fsp3) is 0.905. The van der Waals surface area contributed by atoms with Gasteiger partial charge in [0.15, 0.2) is 56.6 Å². The Bertz CT molecular complexity index is 3650. The van der Waals surface area contributed by atoms with Crippen LogP contribution in [0, 0.1) is 0 Å². The number of hydrogen-bond acceptors (Lipinski definition) is 51. The molecule has 9 saturated heterocycles. The largest absolute Gasteiger partial charge is 0.394 e. The Morgan fingerprint density at radius 2 is 0.530 bits per heavy atom. The molecule has 0 saturated carbocycles. The predicted molar refractivity (Wildman–Crippen MR) is 413 cm³/mol. The summed E-state index contributed by atoms with van der Waals surface area (Å²) < 4.78 is 113. The molecule has 0 spiro atoms. The molecule has 9 fully saturated rings. The molecule has 762 valence electrons. The summed E-state index contributed by atoms with van der Waals surface area (Å²) in [5.74, 6) is -6.79. The van der Waals surface area contributed by atoms with E-state index in [-0.39, 0.29) is 0 Å². The van der Waals surface area contributed by atoms with E-state index in [0.29, 0.717) is 0 Å². The molecule has 7 amide bonds. The van der Waals surface area contributed by atoms with Crippen LogP contribution in [0.4, 0.5) is 0 Å². The highest BCUT2D eigenvalue weighted by Crippen LogP contribution is 2.42. The summed E-state index contributed by atoms with van der Waals surface area (Å²) in [5, 5.41) is 312. The molecule has 58 heteroatoms. The summed E-state index contributed by atoms with van der Waals surface area (Å²) in [6, 6.07) is -13.7. The first-order valence-electron chi connectivity index (χ1n) is 42.0. The van der Waals surface area contributed by atoms with Crippen LogP contribution in [0.2, 0.25) is 0 Å². The van der Waals surface area contributed by atoms with E-state index in [1.165, 1.54) is 0 Å². The predicted octanol–water partition coefficient (Wildman–Crippen LogP) is -22.2. The summed E-state index contributed by atoms with van der Waals surface area (Å²) in [7, 11) is 0. The SMILES string of the molecule is CC(=O)N[C@H]1[C@H](O[C@@H]([C@H](O)[C@H](CO)NC(C)=O)[C@H](O)CO)O[C@H](CO)[C@@H](O[C@@H]2O[C@H](CO[C@H]3O[C@H](CO[C@@H]4O[C@H](CO)[C@@H](O)[C@H](O)[C@H]4NC(C)=O)[C@@H](O[C@@H]4O[C@H](CO)[C@@H](O)[C@H](O)[C@H]4NC(C)=O)[C@H](O)[C@@H]3O[C@@H]3O[C@H](CO)[C@@H](O)[C@H](O)[C@H]3NC(C)=O)[C@@H](O[C@@H]3O[C@H](CO)[C@@H](O)[C@H](O)[C@H]3NC(C)=O)[C@H](O[C@H]3O[C@H](CO)[C@@H](O)[C@H](O)[C@@H]3O[C@@H]3O[C@H](CO)[C@@H](O)[C@H](O)[C@H]3NC(C)=O)[C@@H]2O)[C@@H]1O. The molecule has 9 aliphatic heterocycles. The lowest BCUT2D eigenvalue weighted by molar-refractivity contribution is -0.408. The van der Waals surface area contributed by atoms with E-state index in [0.717, 1.165) is 48.5 Å². The Balaban J connectivity index is 1.27. The van der Waals surface area contributed by atoms with Crippen molar-refractivity contribution in [2.45, 2.75) is 349 Å². The van der Waals surface area contributed by atoms with Crippen LogP contribution in [-0.2, 0) is 119 Å². The van der Waals surface area contributed by atoms with Gasteiger partial charge in [0.05, 0.1) is 78.7 Å². The molecule has 0 aromatic carbocycles. The van der Waals surface area contributed by atoms with E-state index in [4.69, 9.17) is 85.3 Å². The normalized spacial score (nSPS) is 44.1. The summed E-state index contributed by atoms with van der Waals surface area (Å²) in [5.41, 5.74) is 0. The van der Waals surface area contributed by atoms with E-state index in [1.807, 2.05) is 0 Å². The second-order valence-electron chi connectivity index (χ2n) is 33.0. The maximum Gasteiger partial charge on any atom is 0.217 e. The standard InChI is InChI=1S/C74H125N7O51/c1-19(91)75-26(8-82)43(99)59(27(98)9-83)126-71-42(81-25(7)97)55(111)60(34(16-90)123-71)128-72-58(114)63(130-74-64(56(112)49(105)33(15-89)122-74)131-69-40(79-23(5)95)53(109)47(103)31(13-87)120-69)62(129-68-39(78-22(4)94)52(108)46(102)30(12-86)119-68)36(124-72)18-116-73-65(132-70-41(80-24(6)96)54(110)48(104)32(14-88)121-70)57(113)61(127-67-38(77-21(3)93)51(107)45(101)29(11-85)118-67)35(125-73)17-115-66-37(76-20(2)92)50(106)44(100)28(10-84)117-66/h26-74,82-90,98-114H,8-18H2,1-7H3,(H,75,91)(H,76,92)(H,77,93)(H,78,94)(H,79,95)(H,80,96)(H,81,97)/t26-,27+,28+,29+,30+,31+,32+,33+,34+,35+,36+,37+,38+,39+,40+,41+,42+,43+,44+,45+,46+,47+,48+,49+,50+,51+,52+,53+,54+,55+,56-,57-,58-,59+,60+,61+,62+,63+,64-,65-,66+,67-,68-,69-,70-,71-,72-,73-,74+/m0/s1. The van der Waals surface area contributed by atoms with Crippen LogP contribution < -0.4 is 37.2 Å². The molecule has 0 bridgehead atoms. The average molecular weight is 1930 g/mol. The molecule has 58 nitrogen and oxygen atoms in total. The average Bonchev–Trinajstić information content (AvgIpc) is 0.788. The zero-order valence-electron chi connectivity index (χ0n) is 71.9. The highest BCUT2D eigenvalue weighted by atomic mass is 16.8. The van der Waals surface area contributed by atoms with Crippen molar-refractivity contribution < 1.29 is 252 Å². The van der Waals surface area contributed by atoms with Crippen LogP contribution in [0.1, 0.15) is 48.5 Å². The molecule has 9 aliphatic rings. The Kier molecular flexibility index (Phi) is 41.2. The van der Waals surface area contributed by atoms with Crippen LogP contribution in [-0.4, -0.2) is 547 Å². The second kappa shape index (κ2) is 49.4. The number of hydrogen-bond donors (Lipinski definition) is 33. The van der Waals surface area contributed by atoms with E-state index in [2.05, 4.69) is 37.2 Å². The van der Waals surface area contributed by atoms with Crippen molar-refractivity contribution in [3.05, 3.63) is 0 Å². The molecule has 132 heavy (non-hydrogen) atoms. The number of carbonyl (C=O) groups is 7. The number of carbonyl (C=O) groups excluding carboxylic acids is 7. The van der Waals surface area contributed by atoms with Crippen molar-refractivity contribution in [2.75, 3.05) is 72.7 Å². The van der Waals surface area contributed by atoms with Crippen molar-refractivity contribution >= 4 is 41.4 Å². The number of nitrogens with one attached hydrogen (secondary N) is 7. The first kappa shape index (κ1) is 110. The number of ether oxygens (including phenoxy) is 18. The van der Waals surface area contributed by atoms with Crippen LogP contribution >= 0.6 is 0 Å². The Morgan fingerprint density at radius 3 is 0.886 bits per heavy atom. The number of aliphatic hydroxyl groups is 26. The number of rotatable bonds is 39. The van der Waals surface area contributed by atoms with Gasteiger partial charge in [0, 0.05) is 48.5 Å². The summed E-state index contributed by atoms with van der Waals surface area (Å²) in [6.45, 7) is -6.95. The van der Waals surface area contributed by atoms with Crippen molar-refractivity contribution in [1.82, 2.24) is 37.2 Å². The van der Waals surface area contributed by atoms with Crippen LogP contribution in [0.5, 0.6) is 0 Å². The highest BCUT2D eigenvalue weighted by Gasteiger charge is 2.62. The topological polar surface area (TPSA) is 896 Å². The van der Waals surface area contributed by atoms with Crippen LogP contribution in [0.25, 0.3) is 0 Å². The lowest BCUT2D eigenvalue weighted by Crippen LogP contribution is -2.71. The number of aliphatic hydroxyl groups excluding tert-OH is 26. The minimum atomic E-state index is -2.84. The highest BCUT2D eigenvalue weighted by molar-refractivity contribution is 5.75. The van der Waals surface area contributed by atoms with Gasteiger partial charge in [-0.1, -0.05) is 0 Å². The molecule has 9 heterocycles. The van der Waals surface area contributed by atoms with Gasteiger partial charge in [-0.25, -0.2) is 0 Å². The van der Waals surface area contributed by atoms with Crippen molar-refractivity contribution in [2.24, 2.45) is 0 Å².